The number of hydrogen-bond acceptors (Lipinski definition) is 2. The van der Waals surface area contributed by atoms with E-state index in [9.17, 15) is 4.79 Å². The Morgan fingerprint density at radius 1 is 1.27 bits per heavy atom. The molecule has 2 nitrogen and oxygen atoms in total. The van der Waals surface area contributed by atoms with Crippen molar-refractivity contribution in [2.45, 2.75) is 6.54 Å². The first-order chi connectivity index (χ1) is 5.43. The predicted molar refractivity (Wildman–Crippen MR) is 43.8 cm³/mol. The van der Waals surface area contributed by atoms with Crippen LogP contribution in [0, 0.1) is 0 Å². The highest BCUT2D eigenvalue weighted by Crippen LogP contribution is 1.96. The fourth-order valence-electron chi connectivity index (χ4n) is 0.854. The highest BCUT2D eigenvalue weighted by atomic mass is 16.1. The second kappa shape index (κ2) is 4.63. The highest BCUT2D eigenvalue weighted by Gasteiger charge is 1.88. The lowest BCUT2D eigenvalue weighted by molar-refractivity contribution is 0.548. The van der Waals surface area contributed by atoms with Gasteiger partial charge < -0.3 is 5.32 Å². The maximum absolute atomic E-state index is 9.81. The van der Waals surface area contributed by atoms with Gasteiger partial charge in [-0.3, -0.25) is 4.79 Å². The number of benzene rings is 1. The van der Waals surface area contributed by atoms with Crippen LogP contribution in [0.3, 0.4) is 0 Å². The molecule has 1 N–H and O–H groups in total. The third-order valence-corrected chi connectivity index (χ3v) is 1.37. The van der Waals surface area contributed by atoms with Gasteiger partial charge in [0.2, 0.25) is 6.29 Å². The molecule has 0 aliphatic heterocycles. The Balaban J connectivity index is 2.33. The Morgan fingerprint density at radius 2 is 2.00 bits per heavy atom. The van der Waals surface area contributed by atoms with Crippen LogP contribution >= 0.6 is 0 Å². The molecule has 0 heterocycles. The van der Waals surface area contributed by atoms with Gasteiger partial charge in [-0.15, -0.1) is 0 Å². The van der Waals surface area contributed by atoms with Crippen molar-refractivity contribution in [3.05, 3.63) is 35.9 Å². The van der Waals surface area contributed by atoms with E-state index in [1.807, 2.05) is 30.3 Å². The summed E-state index contributed by atoms with van der Waals surface area (Å²) in [6.45, 7) is 1.03. The van der Waals surface area contributed by atoms with Crippen molar-refractivity contribution in [3.8, 4) is 0 Å². The summed E-state index contributed by atoms with van der Waals surface area (Å²) in [4.78, 5) is 9.81. The van der Waals surface area contributed by atoms with Gasteiger partial charge in [-0.25, -0.2) is 0 Å². The van der Waals surface area contributed by atoms with Crippen molar-refractivity contribution in [1.82, 2.24) is 5.32 Å². The summed E-state index contributed by atoms with van der Waals surface area (Å²) in [7, 11) is 0. The number of carbonyl (C=O) groups excluding carboxylic acids is 1. The zero-order valence-corrected chi connectivity index (χ0v) is 6.21. The first kappa shape index (κ1) is 7.95. The molecule has 0 aliphatic rings. The van der Waals surface area contributed by atoms with Crippen LogP contribution in [0.15, 0.2) is 30.3 Å². The van der Waals surface area contributed by atoms with Crippen LogP contribution in [0.5, 0.6) is 0 Å². The van der Waals surface area contributed by atoms with E-state index in [-0.39, 0.29) is 0 Å². The van der Waals surface area contributed by atoms with Gasteiger partial charge in [-0.2, -0.15) is 0 Å². The molecule has 1 radical (unpaired) electrons. The first-order valence-electron chi connectivity index (χ1n) is 3.53. The van der Waals surface area contributed by atoms with Gasteiger partial charge in [-0.05, 0) is 5.56 Å². The summed E-state index contributed by atoms with van der Waals surface area (Å²) in [5, 5.41) is 2.93. The van der Waals surface area contributed by atoms with Gasteiger partial charge in [0.25, 0.3) is 0 Å². The van der Waals surface area contributed by atoms with Crippen LogP contribution in [0.25, 0.3) is 0 Å². The largest absolute Gasteiger partial charge is 0.305 e. The van der Waals surface area contributed by atoms with Crippen molar-refractivity contribution >= 4 is 6.29 Å². The summed E-state index contributed by atoms with van der Waals surface area (Å²) in [5.74, 6) is 0. The number of hydrogen-bond donors (Lipinski definition) is 1. The van der Waals surface area contributed by atoms with Crippen LogP contribution in [-0.2, 0) is 11.3 Å². The van der Waals surface area contributed by atoms with Gasteiger partial charge >= 0.3 is 0 Å². The van der Waals surface area contributed by atoms with Gasteiger partial charge in [0.05, 0.1) is 6.54 Å². The SMILES string of the molecule is O=[C]CNCc1ccccc1. The maximum atomic E-state index is 9.81. The Kier molecular flexibility index (Phi) is 3.35. The molecule has 0 unspecified atom stereocenters. The molecule has 57 valence electrons. The van der Waals surface area contributed by atoms with E-state index in [1.54, 1.807) is 6.29 Å². The van der Waals surface area contributed by atoms with E-state index in [4.69, 9.17) is 0 Å². The molecule has 1 aromatic carbocycles. The first-order valence-corrected chi connectivity index (χ1v) is 3.53. The molecule has 1 rings (SSSR count). The third-order valence-electron chi connectivity index (χ3n) is 1.37. The Bertz CT molecular complexity index is 208. The molecule has 0 spiro atoms. The van der Waals surface area contributed by atoms with Crippen LogP contribution in [-0.4, -0.2) is 12.8 Å². The lowest BCUT2D eigenvalue weighted by Crippen LogP contribution is -2.15. The zero-order chi connectivity index (χ0) is 7.94. The summed E-state index contributed by atoms with van der Waals surface area (Å²) < 4.78 is 0. The monoisotopic (exact) mass is 148 g/mol. The van der Waals surface area contributed by atoms with Crippen LogP contribution in [0.1, 0.15) is 5.56 Å². The Labute approximate surface area is 66.2 Å². The molecule has 0 fully saturated rings. The van der Waals surface area contributed by atoms with Gasteiger partial charge in [0.1, 0.15) is 0 Å². The minimum atomic E-state index is 0.300. The van der Waals surface area contributed by atoms with Crippen molar-refractivity contribution in [2.24, 2.45) is 0 Å². The molecule has 0 bridgehead atoms. The maximum Gasteiger partial charge on any atom is 0.213 e. The van der Waals surface area contributed by atoms with E-state index in [1.165, 1.54) is 5.56 Å². The van der Waals surface area contributed by atoms with Crippen molar-refractivity contribution in [3.63, 3.8) is 0 Å². The molecular formula is C9H10NO. The summed E-state index contributed by atoms with van der Waals surface area (Å²) in [6.07, 6.45) is 1.78. The van der Waals surface area contributed by atoms with Crippen LogP contribution < -0.4 is 5.32 Å². The van der Waals surface area contributed by atoms with Crippen molar-refractivity contribution < 1.29 is 4.79 Å². The van der Waals surface area contributed by atoms with Gasteiger partial charge in [0.15, 0.2) is 0 Å². The van der Waals surface area contributed by atoms with Gasteiger partial charge in [0, 0.05) is 6.54 Å². The molecule has 0 aliphatic carbocycles. The average molecular weight is 148 g/mol. The molecule has 1 aromatic rings. The van der Waals surface area contributed by atoms with E-state index in [2.05, 4.69) is 5.32 Å². The topological polar surface area (TPSA) is 29.1 Å². The molecule has 11 heavy (non-hydrogen) atoms. The molecule has 0 aromatic heterocycles. The summed E-state index contributed by atoms with van der Waals surface area (Å²) >= 11 is 0. The van der Waals surface area contributed by atoms with E-state index < -0.39 is 0 Å². The normalized spacial score (nSPS) is 9.45. The quantitative estimate of drug-likeness (QED) is 0.642. The third kappa shape index (κ3) is 2.96. The highest BCUT2D eigenvalue weighted by molar-refractivity contribution is 5.52. The fourth-order valence-corrected chi connectivity index (χ4v) is 0.854. The number of nitrogens with one attached hydrogen (secondary N) is 1. The lowest BCUT2D eigenvalue weighted by atomic mass is 10.2. The van der Waals surface area contributed by atoms with Crippen molar-refractivity contribution in [1.29, 1.82) is 0 Å². The standard InChI is InChI=1S/C9H10NO/c11-7-6-10-8-9-4-2-1-3-5-9/h1-5,10H,6,8H2. The minimum Gasteiger partial charge on any atom is -0.305 e. The molecule has 0 atom stereocenters. The zero-order valence-electron chi connectivity index (χ0n) is 6.21. The molecule has 0 saturated heterocycles. The van der Waals surface area contributed by atoms with Gasteiger partial charge in [-0.1, -0.05) is 30.3 Å². The molecular weight excluding hydrogens is 138 g/mol. The second-order valence-electron chi connectivity index (χ2n) is 2.23. The van der Waals surface area contributed by atoms with Crippen LogP contribution in [0.4, 0.5) is 0 Å². The second-order valence-corrected chi connectivity index (χ2v) is 2.23. The van der Waals surface area contributed by atoms with Crippen LogP contribution in [0.2, 0.25) is 0 Å². The minimum absolute atomic E-state index is 0.300. The number of rotatable bonds is 4. The van der Waals surface area contributed by atoms with Crippen molar-refractivity contribution in [2.75, 3.05) is 6.54 Å². The fraction of sp³-hybridized carbons (Fsp3) is 0.222. The Morgan fingerprint density at radius 3 is 2.64 bits per heavy atom. The van der Waals surface area contributed by atoms with E-state index in [0.29, 0.717) is 6.54 Å². The summed E-state index contributed by atoms with van der Waals surface area (Å²) in [6, 6.07) is 9.94. The lowest BCUT2D eigenvalue weighted by Gasteiger charge is -1.98. The Hall–Kier alpha value is -1.15. The summed E-state index contributed by atoms with van der Waals surface area (Å²) in [5.41, 5.74) is 1.18. The van der Waals surface area contributed by atoms with E-state index >= 15 is 0 Å². The molecule has 0 amide bonds. The predicted octanol–water partition coefficient (Wildman–Crippen LogP) is 0.886. The smallest absolute Gasteiger partial charge is 0.213 e. The average Bonchev–Trinajstić information content (AvgIpc) is 2.07. The molecule has 2 heteroatoms. The van der Waals surface area contributed by atoms with E-state index in [0.717, 1.165) is 6.54 Å². The molecule has 0 saturated carbocycles.